The summed E-state index contributed by atoms with van der Waals surface area (Å²) in [5, 5.41) is 10.9. The quantitative estimate of drug-likeness (QED) is 0.822. The van der Waals surface area contributed by atoms with Crippen molar-refractivity contribution in [2.24, 2.45) is 0 Å². The van der Waals surface area contributed by atoms with Crippen LogP contribution in [0.15, 0.2) is 36.4 Å². The Bertz CT molecular complexity index is 546. The molecule has 0 aliphatic heterocycles. The van der Waals surface area contributed by atoms with E-state index in [1.807, 2.05) is 36.4 Å². The molecule has 2 aromatic carbocycles. The maximum absolute atomic E-state index is 11.8. The van der Waals surface area contributed by atoms with Crippen LogP contribution in [0, 0.1) is 0 Å². The minimum Gasteiger partial charge on any atom is -0.465 e. The van der Waals surface area contributed by atoms with E-state index in [0.29, 0.717) is 12.0 Å². The topological polar surface area (TPSA) is 46.5 Å². The molecular weight excluding hydrogens is 216 g/mol. The third kappa shape index (κ3) is 2.15. The van der Waals surface area contributed by atoms with Crippen LogP contribution in [0.4, 0.5) is 0 Å². The fraction of sp³-hybridized carbons (Fsp3) is 0.214. The first-order valence-corrected chi connectivity index (χ1v) is 5.47. The van der Waals surface area contributed by atoms with Crippen LogP contribution >= 0.6 is 0 Å². The van der Waals surface area contributed by atoms with Crippen LogP contribution in [0.3, 0.4) is 0 Å². The zero-order valence-electron chi connectivity index (χ0n) is 9.64. The summed E-state index contributed by atoms with van der Waals surface area (Å²) in [6.45, 7) is 0.0162. The number of aliphatic hydroxyl groups excluding tert-OH is 1. The van der Waals surface area contributed by atoms with E-state index in [9.17, 15) is 4.79 Å². The van der Waals surface area contributed by atoms with Gasteiger partial charge in [-0.25, -0.2) is 4.79 Å². The maximum atomic E-state index is 11.8. The number of hydrogen-bond donors (Lipinski definition) is 1. The molecule has 0 fully saturated rings. The Kier molecular flexibility index (Phi) is 3.40. The standard InChI is InChI=1S/C14H14O3/c1-17-14(16)13-11(8-9-15)7-6-10-4-2-3-5-12(10)13/h2-7,15H,8-9H2,1H3. The lowest BCUT2D eigenvalue weighted by Crippen LogP contribution is -2.08. The van der Waals surface area contributed by atoms with E-state index in [1.54, 1.807) is 0 Å². The highest BCUT2D eigenvalue weighted by Gasteiger charge is 2.15. The summed E-state index contributed by atoms with van der Waals surface area (Å²) in [4.78, 5) is 11.8. The Hall–Kier alpha value is -1.87. The van der Waals surface area contributed by atoms with Crippen LogP contribution in [0.1, 0.15) is 15.9 Å². The molecule has 3 heteroatoms. The number of carbonyl (C=O) groups is 1. The molecule has 88 valence electrons. The molecule has 0 saturated carbocycles. The predicted molar refractivity (Wildman–Crippen MR) is 66.1 cm³/mol. The zero-order valence-corrected chi connectivity index (χ0v) is 9.64. The van der Waals surface area contributed by atoms with E-state index < -0.39 is 0 Å². The first kappa shape index (κ1) is 11.6. The molecule has 17 heavy (non-hydrogen) atoms. The monoisotopic (exact) mass is 230 g/mol. The molecule has 0 radical (unpaired) electrons. The summed E-state index contributed by atoms with van der Waals surface area (Å²) in [7, 11) is 1.37. The van der Waals surface area contributed by atoms with E-state index in [4.69, 9.17) is 9.84 Å². The van der Waals surface area contributed by atoms with Crippen molar-refractivity contribution in [3.05, 3.63) is 47.5 Å². The lowest BCUT2D eigenvalue weighted by Gasteiger charge is -2.10. The largest absolute Gasteiger partial charge is 0.465 e. The summed E-state index contributed by atoms with van der Waals surface area (Å²) in [5.74, 6) is -0.356. The highest BCUT2D eigenvalue weighted by molar-refractivity contribution is 6.05. The van der Waals surface area contributed by atoms with Crippen LogP contribution < -0.4 is 0 Å². The van der Waals surface area contributed by atoms with E-state index in [-0.39, 0.29) is 12.6 Å². The Balaban J connectivity index is 2.70. The summed E-state index contributed by atoms with van der Waals surface area (Å²) < 4.78 is 4.81. The van der Waals surface area contributed by atoms with Crippen molar-refractivity contribution < 1.29 is 14.6 Å². The molecule has 0 aromatic heterocycles. The third-order valence-electron chi connectivity index (χ3n) is 2.79. The number of ether oxygens (including phenoxy) is 1. The van der Waals surface area contributed by atoms with Crippen molar-refractivity contribution in [1.29, 1.82) is 0 Å². The van der Waals surface area contributed by atoms with Gasteiger partial charge in [0.05, 0.1) is 12.7 Å². The van der Waals surface area contributed by atoms with Crippen LogP contribution in [0.2, 0.25) is 0 Å². The Morgan fingerprint density at radius 2 is 2.00 bits per heavy atom. The number of rotatable bonds is 3. The van der Waals surface area contributed by atoms with Crippen molar-refractivity contribution in [2.75, 3.05) is 13.7 Å². The van der Waals surface area contributed by atoms with Crippen LogP contribution in [-0.2, 0) is 11.2 Å². The number of fused-ring (bicyclic) bond motifs is 1. The van der Waals surface area contributed by atoms with Crippen molar-refractivity contribution in [3.63, 3.8) is 0 Å². The summed E-state index contributed by atoms with van der Waals surface area (Å²) in [5.41, 5.74) is 1.37. The minimum absolute atomic E-state index is 0.0162. The Labute approximate surface area is 99.6 Å². The SMILES string of the molecule is COC(=O)c1c(CCO)ccc2ccccc12. The van der Waals surface area contributed by atoms with Gasteiger partial charge in [-0.3, -0.25) is 0 Å². The van der Waals surface area contributed by atoms with Gasteiger partial charge >= 0.3 is 5.97 Å². The first-order valence-electron chi connectivity index (χ1n) is 5.47. The molecule has 3 nitrogen and oxygen atoms in total. The highest BCUT2D eigenvalue weighted by Crippen LogP contribution is 2.23. The number of benzene rings is 2. The van der Waals surface area contributed by atoms with Gasteiger partial charge in [0.25, 0.3) is 0 Å². The minimum atomic E-state index is -0.356. The van der Waals surface area contributed by atoms with Gasteiger partial charge in [0.1, 0.15) is 0 Å². The molecule has 0 bridgehead atoms. The fourth-order valence-corrected chi connectivity index (χ4v) is 1.99. The van der Waals surface area contributed by atoms with Crippen LogP contribution in [-0.4, -0.2) is 24.8 Å². The smallest absolute Gasteiger partial charge is 0.338 e. The van der Waals surface area contributed by atoms with Crippen molar-refractivity contribution in [3.8, 4) is 0 Å². The van der Waals surface area contributed by atoms with Gasteiger partial charge < -0.3 is 9.84 Å². The molecular formula is C14H14O3. The summed E-state index contributed by atoms with van der Waals surface area (Å²) in [6, 6.07) is 11.5. The van der Waals surface area contributed by atoms with E-state index in [1.165, 1.54) is 7.11 Å². The average molecular weight is 230 g/mol. The summed E-state index contributed by atoms with van der Waals surface area (Å²) in [6.07, 6.45) is 0.454. The van der Waals surface area contributed by atoms with Gasteiger partial charge in [0.2, 0.25) is 0 Å². The van der Waals surface area contributed by atoms with E-state index >= 15 is 0 Å². The zero-order chi connectivity index (χ0) is 12.3. The molecule has 0 spiro atoms. The lowest BCUT2D eigenvalue weighted by atomic mass is 9.97. The molecule has 1 N–H and O–H groups in total. The number of esters is 1. The predicted octanol–water partition coefficient (Wildman–Crippen LogP) is 2.16. The molecule has 0 amide bonds. The second-order valence-electron chi connectivity index (χ2n) is 3.79. The van der Waals surface area contributed by atoms with Crippen molar-refractivity contribution in [1.82, 2.24) is 0 Å². The van der Waals surface area contributed by atoms with Crippen molar-refractivity contribution >= 4 is 16.7 Å². The second kappa shape index (κ2) is 4.97. The Morgan fingerprint density at radius 1 is 1.24 bits per heavy atom. The number of hydrogen-bond acceptors (Lipinski definition) is 3. The Morgan fingerprint density at radius 3 is 2.71 bits per heavy atom. The molecule has 2 aromatic rings. The molecule has 0 atom stereocenters. The molecule has 2 rings (SSSR count). The molecule has 0 unspecified atom stereocenters. The van der Waals surface area contributed by atoms with E-state index in [0.717, 1.165) is 16.3 Å². The first-order chi connectivity index (χ1) is 8.27. The molecule has 0 aliphatic rings. The lowest BCUT2D eigenvalue weighted by molar-refractivity contribution is 0.0601. The van der Waals surface area contributed by atoms with Gasteiger partial charge in [-0.05, 0) is 22.8 Å². The molecule has 0 aliphatic carbocycles. The molecule has 0 saturated heterocycles. The number of carbonyl (C=O) groups excluding carboxylic acids is 1. The van der Waals surface area contributed by atoms with Gasteiger partial charge in [0, 0.05) is 6.61 Å². The van der Waals surface area contributed by atoms with Crippen LogP contribution in [0.5, 0.6) is 0 Å². The fourth-order valence-electron chi connectivity index (χ4n) is 1.99. The number of methoxy groups -OCH3 is 1. The molecule has 0 heterocycles. The maximum Gasteiger partial charge on any atom is 0.338 e. The normalized spacial score (nSPS) is 10.5. The second-order valence-corrected chi connectivity index (χ2v) is 3.79. The van der Waals surface area contributed by atoms with Crippen LogP contribution in [0.25, 0.3) is 10.8 Å². The number of aliphatic hydroxyl groups is 1. The average Bonchev–Trinajstić information content (AvgIpc) is 2.38. The highest BCUT2D eigenvalue weighted by atomic mass is 16.5. The van der Waals surface area contributed by atoms with Crippen molar-refractivity contribution in [2.45, 2.75) is 6.42 Å². The van der Waals surface area contributed by atoms with Gasteiger partial charge in [-0.2, -0.15) is 0 Å². The summed E-state index contributed by atoms with van der Waals surface area (Å²) >= 11 is 0. The van der Waals surface area contributed by atoms with E-state index in [2.05, 4.69) is 0 Å². The third-order valence-corrected chi connectivity index (χ3v) is 2.79. The van der Waals surface area contributed by atoms with Gasteiger partial charge in [0.15, 0.2) is 0 Å². The van der Waals surface area contributed by atoms with Gasteiger partial charge in [-0.15, -0.1) is 0 Å². The van der Waals surface area contributed by atoms with Gasteiger partial charge in [-0.1, -0.05) is 36.4 Å².